The molecule has 4 rings (SSSR count). The molecule has 1 amide bonds. The van der Waals surface area contributed by atoms with Gasteiger partial charge in [-0.2, -0.15) is 31.3 Å². The Balaban J connectivity index is 1.47. The number of likely N-dealkylation sites (tertiary alicyclic amines) is 1. The van der Waals surface area contributed by atoms with Crippen LogP contribution < -0.4 is 0 Å². The summed E-state index contributed by atoms with van der Waals surface area (Å²) in [6, 6.07) is 8.91. The minimum absolute atomic E-state index is 0.0479. The summed E-state index contributed by atoms with van der Waals surface area (Å²) >= 11 is 0. The fourth-order valence-corrected chi connectivity index (χ4v) is 3.24. The van der Waals surface area contributed by atoms with Crippen molar-refractivity contribution < 1.29 is 35.7 Å². The largest absolute Gasteiger partial charge is 0.417 e. The van der Waals surface area contributed by atoms with Gasteiger partial charge in [0.25, 0.3) is 5.91 Å². The Hall–Kier alpha value is -3.37. The van der Waals surface area contributed by atoms with Crippen LogP contribution in [0.4, 0.5) is 26.3 Å². The molecule has 0 spiro atoms. The van der Waals surface area contributed by atoms with Gasteiger partial charge < -0.3 is 9.42 Å². The Labute approximate surface area is 171 Å². The fourth-order valence-electron chi connectivity index (χ4n) is 3.24. The molecule has 0 unspecified atom stereocenters. The highest BCUT2D eigenvalue weighted by molar-refractivity contribution is 5.96. The zero-order chi connectivity index (χ0) is 22.4. The van der Waals surface area contributed by atoms with Crippen LogP contribution in [0.1, 0.15) is 33.3 Å². The molecular weight excluding hydrogens is 428 g/mol. The van der Waals surface area contributed by atoms with Crippen molar-refractivity contribution in [1.29, 1.82) is 0 Å². The molecule has 162 valence electrons. The maximum absolute atomic E-state index is 13.1. The lowest BCUT2D eigenvalue weighted by molar-refractivity contribution is -0.138. The number of rotatable bonds is 3. The van der Waals surface area contributed by atoms with Crippen LogP contribution in [0.15, 0.2) is 53.1 Å². The Morgan fingerprint density at radius 2 is 1.68 bits per heavy atom. The van der Waals surface area contributed by atoms with Crippen LogP contribution in [0.5, 0.6) is 0 Å². The highest BCUT2D eigenvalue weighted by Crippen LogP contribution is 2.35. The molecule has 1 aliphatic rings. The standard InChI is InChI=1S/C20H13F6N3O2/c21-19(22,23)13-5-3-4-11(8-13)16-27-17(31-28-16)12-9-29(10-12)18(30)14-6-1-2-7-15(14)20(24,25)26/h1-8,12H,9-10H2. The van der Waals surface area contributed by atoms with Crippen molar-refractivity contribution in [3.63, 3.8) is 0 Å². The van der Waals surface area contributed by atoms with E-state index in [0.29, 0.717) is 0 Å². The van der Waals surface area contributed by atoms with Gasteiger partial charge in [0.15, 0.2) is 0 Å². The van der Waals surface area contributed by atoms with Crippen LogP contribution in [0, 0.1) is 0 Å². The number of alkyl halides is 6. The quantitative estimate of drug-likeness (QED) is 0.536. The molecule has 3 aromatic rings. The third-order valence-corrected chi connectivity index (χ3v) is 4.87. The molecule has 1 aliphatic heterocycles. The van der Waals surface area contributed by atoms with Crippen molar-refractivity contribution in [3.8, 4) is 11.4 Å². The van der Waals surface area contributed by atoms with Gasteiger partial charge in [0.1, 0.15) is 0 Å². The fraction of sp³-hybridized carbons (Fsp3) is 0.250. The Morgan fingerprint density at radius 1 is 0.968 bits per heavy atom. The van der Waals surface area contributed by atoms with E-state index in [1.807, 2.05) is 0 Å². The minimum atomic E-state index is -4.66. The summed E-state index contributed by atoms with van der Waals surface area (Å²) in [6.45, 7) is 0.102. The predicted octanol–water partition coefficient (Wildman–Crippen LogP) is 5.01. The number of nitrogens with zero attached hydrogens (tertiary/aromatic N) is 3. The second kappa shape index (κ2) is 7.40. The second-order valence-electron chi connectivity index (χ2n) is 6.99. The van der Waals surface area contributed by atoms with Gasteiger partial charge in [0, 0.05) is 18.7 Å². The summed E-state index contributed by atoms with van der Waals surface area (Å²) in [5, 5.41) is 3.68. The van der Waals surface area contributed by atoms with Crippen LogP contribution in [-0.2, 0) is 12.4 Å². The Kier molecular flexibility index (Phi) is 4.98. The molecule has 2 aromatic carbocycles. The van der Waals surface area contributed by atoms with Gasteiger partial charge in [-0.1, -0.05) is 29.4 Å². The van der Waals surface area contributed by atoms with Gasteiger partial charge in [0.2, 0.25) is 11.7 Å². The molecule has 11 heteroatoms. The minimum Gasteiger partial charge on any atom is -0.339 e. The first-order valence-electron chi connectivity index (χ1n) is 9.01. The van der Waals surface area contributed by atoms with Crippen LogP contribution in [0.2, 0.25) is 0 Å². The summed E-state index contributed by atoms with van der Waals surface area (Å²) in [5.41, 5.74) is -2.23. The van der Waals surface area contributed by atoms with Crippen molar-refractivity contribution in [2.75, 3.05) is 13.1 Å². The van der Waals surface area contributed by atoms with Crippen molar-refractivity contribution in [1.82, 2.24) is 15.0 Å². The summed E-state index contributed by atoms with van der Waals surface area (Å²) in [4.78, 5) is 17.8. The number of halogens is 6. The van der Waals surface area contributed by atoms with E-state index in [2.05, 4.69) is 10.1 Å². The normalized spacial score (nSPS) is 15.1. The van der Waals surface area contributed by atoms with Gasteiger partial charge in [-0.05, 0) is 24.3 Å². The molecule has 31 heavy (non-hydrogen) atoms. The van der Waals surface area contributed by atoms with Gasteiger partial charge in [-0.15, -0.1) is 0 Å². The maximum atomic E-state index is 13.1. The smallest absolute Gasteiger partial charge is 0.339 e. The highest BCUT2D eigenvalue weighted by atomic mass is 19.4. The zero-order valence-electron chi connectivity index (χ0n) is 15.5. The summed E-state index contributed by atoms with van der Waals surface area (Å²) < 4.78 is 83.1. The van der Waals surface area contributed by atoms with Gasteiger partial charge in [0.05, 0.1) is 22.6 Å². The molecule has 0 bridgehead atoms. The van der Waals surface area contributed by atoms with E-state index in [0.717, 1.165) is 24.3 Å². The number of hydrogen-bond acceptors (Lipinski definition) is 4. The van der Waals surface area contributed by atoms with Crippen molar-refractivity contribution in [3.05, 3.63) is 71.1 Å². The predicted molar refractivity (Wildman–Crippen MR) is 94.8 cm³/mol. The van der Waals surface area contributed by atoms with E-state index in [-0.39, 0.29) is 30.4 Å². The third-order valence-electron chi connectivity index (χ3n) is 4.87. The molecule has 0 N–H and O–H groups in total. The number of amides is 1. The van der Waals surface area contributed by atoms with Gasteiger partial charge in [-0.3, -0.25) is 4.79 Å². The van der Waals surface area contributed by atoms with E-state index in [1.165, 1.54) is 29.2 Å². The number of hydrogen-bond donors (Lipinski definition) is 0. The lowest BCUT2D eigenvalue weighted by Crippen LogP contribution is -2.49. The maximum Gasteiger partial charge on any atom is 0.417 e. The molecule has 0 aliphatic carbocycles. The first-order valence-corrected chi connectivity index (χ1v) is 9.01. The molecule has 0 atom stereocenters. The molecule has 2 heterocycles. The van der Waals surface area contributed by atoms with Crippen LogP contribution in [0.25, 0.3) is 11.4 Å². The number of carbonyl (C=O) groups excluding carboxylic acids is 1. The van der Waals surface area contributed by atoms with E-state index in [1.54, 1.807) is 0 Å². The number of aromatic nitrogens is 2. The summed E-state index contributed by atoms with van der Waals surface area (Å²) in [5.74, 6) is -1.15. The van der Waals surface area contributed by atoms with Crippen molar-refractivity contribution in [2.24, 2.45) is 0 Å². The second-order valence-corrected chi connectivity index (χ2v) is 6.99. The molecule has 1 aromatic heterocycles. The van der Waals surface area contributed by atoms with Crippen LogP contribution >= 0.6 is 0 Å². The lowest BCUT2D eigenvalue weighted by Gasteiger charge is -2.37. The van der Waals surface area contributed by atoms with Gasteiger partial charge in [-0.25, -0.2) is 0 Å². The monoisotopic (exact) mass is 441 g/mol. The Bertz CT molecular complexity index is 1120. The topological polar surface area (TPSA) is 59.2 Å². The number of carbonyl (C=O) groups is 1. The number of benzene rings is 2. The first kappa shape index (κ1) is 20.9. The zero-order valence-corrected chi connectivity index (χ0v) is 15.5. The van der Waals surface area contributed by atoms with E-state index in [4.69, 9.17) is 4.52 Å². The Morgan fingerprint density at radius 3 is 2.35 bits per heavy atom. The lowest BCUT2D eigenvalue weighted by atomic mass is 9.97. The molecular formula is C20H13F6N3O2. The van der Waals surface area contributed by atoms with E-state index >= 15 is 0 Å². The average Bonchev–Trinajstić information content (AvgIpc) is 3.15. The van der Waals surface area contributed by atoms with E-state index < -0.39 is 40.9 Å². The summed E-state index contributed by atoms with van der Waals surface area (Å²) in [7, 11) is 0. The molecule has 1 saturated heterocycles. The van der Waals surface area contributed by atoms with Crippen LogP contribution in [-0.4, -0.2) is 34.0 Å². The van der Waals surface area contributed by atoms with E-state index in [9.17, 15) is 31.1 Å². The van der Waals surface area contributed by atoms with Gasteiger partial charge >= 0.3 is 12.4 Å². The third kappa shape index (κ3) is 4.12. The first-order chi connectivity index (χ1) is 14.5. The van der Waals surface area contributed by atoms with Crippen molar-refractivity contribution in [2.45, 2.75) is 18.3 Å². The molecule has 5 nitrogen and oxygen atoms in total. The SMILES string of the molecule is O=C(c1ccccc1C(F)(F)F)N1CC(c2nc(-c3cccc(C(F)(F)F)c3)no2)C1. The molecule has 0 radical (unpaired) electrons. The molecule has 1 fully saturated rings. The van der Waals surface area contributed by atoms with Crippen molar-refractivity contribution >= 4 is 5.91 Å². The van der Waals surface area contributed by atoms with Crippen LogP contribution in [0.3, 0.4) is 0 Å². The highest BCUT2D eigenvalue weighted by Gasteiger charge is 2.40. The summed E-state index contributed by atoms with van der Waals surface area (Å²) in [6.07, 6.45) is -9.19. The average molecular weight is 441 g/mol. The molecule has 0 saturated carbocycles.